The molecular weight excluding hydrogens is 240 g/mol. The quantitative estimate of drug-likeness (QED) is 0.650. The zero-order chi connectivity index (χ0) is 12.7. The van der Waals surface area contributed by atoms with Crippen molar-refractivity contribution in [1.82, 2.24) is 20.5 Å². The number of nitrogens with one attached hydrogen (secondary N) is 2. The van der Waals surface area contributed by atoms with Gasteiger partial charge in [-0.15, -0.1) is 0 Å². The van der Waals surface area contributed by atoms with Gasteiger partial charge in [-0.1, -0.05) is 6.92 Å². The van der Waals surface area contributed by atoms with Crippen LogP contribution in [0.5, 0.6) is 0 Å². The Bertz CT molecular complexity index is 402. The Kier molecular flexibility index (Phi) is 5.57. The van der Waals surface area contributed by atoms with Crippen LogP contribution in [0.25, 0.3) is 0 Å². The van der Waals surface area contributed by atoms with Crippen molar-refractivity contribution in [2.24, 2.45) is 0 Å². The highest BCUT2D eigenvalue weighted by Crippen LogP contribution is 1.96. The van der Waals surface area contributed by atoms with E-state index in [1.165, 1.54) is 6.33 Å². The summed E-state index contributed by atoms with van der Waals surface area (Å²) in [5.41, 5.74) is 0. The standard InChI is InChI=1S/C10H20N4O2S/c1-3-17(15,16)7-9(2)11-6-4-5-10-12-8-13-14-10/h8-9,11H,3-7H2,1-2H3,(H,12,13,14). The van der Waals surface area contributed by atoms with Gasteiger partial charge < -0.3 is 5.32 Å². The van der Waals surface area contributed by atoms with Crippen molar-refractivity contribution < 1.29 is 8.42 Å². The number of H-pyrrole nitrogens is 1. The number of sulfone groups is 1. The Labute approximate surface area is 102 Å². The number of hydrogen-bond donors (Lipinski definition) is 2. The van der Waals surface area contributed by atoms with Gasteiger partial charge in [-0.05, 0) is 19.9 Å². The fourth-order valence-electron chi connectivity index (χ4n) is 1.51. The monoisotopic (exact) mass is 260 g/mol. The number of hydrogen-bond acceptors (Lipinski definition) is 5. The molecule has 1 aromatic heterocycles. The van der Waals surface area contributed by atoms with Crippen LogP contribution in [0.3, 0.4) is 0 Å². The summed E-state index contributed by atoms with van der Waals surface area (Å²) in [5.74, 6) is 1.27. The largest absolute Gasteiger partial charge is 0.313 e. The Hall–Kier alpha value is -0.950. The molecule has 0 saturated heterocycles. The summed E-state index contributed by atoms with van der Waals surface area (Å²) in [5, 5.41) is 9.74. The van der Waals surface area contributed by atoms with Crippen molar-refractivity contribution in [3.05, 3.63) is 12.2 Å². The molecule has 0 fully saturated rings. The van der Waals surface area contributed by atoms with Crippen LogP contribution < -0.4 is 5.32 Å². The van der Waals surface area contributed by atoms with Crippen LogP contribution in [0.1, 0.15) is 26.1 Å². The third-order valence-corrected chi connectivity index (χ3v) is 4.38. The van der Waals surface area contributed by atoms with E-state index < -0.39 is 9.84 Å². The van der Waals surface area contributed by atoms with Gasteiger partial charge in [0.25, 0.3) is 0 Å². The average Bonchev–Trinajstić information content (AvgIpc) is 2.77. The fraction of sp³-hybridized carbons (Fsp3) is 0.800. The molecule has 1 atom stereocenters. The Morgan fingerprint density at radius 1 is 1.53 bits per heavy atom. The predicted octanol–water partition coefficient (Wildman–Crippen LogP) is 0.150. The van der Waals surface area contributed by atoms with E-state index in [-0.39, 0.29) is 17.5 Å². The van der Waals surface area contributed by atoms with Gasteiger partial charge in [-0.25, -0.2) is 13.4 Å². The van der Waals surface area contributed by atoms with Crippen LogP contribution in [0, 0.1) is 0 Å². The van der Waals surface area contributed by atoms with Gasteiger partial charge >= 0.3 is 0 Å². The number of aromatic nitrogens is 3. The second-order valence-electron chi connectivity index (χ2n) is 4.09. The number of rotatable bonds is 8. The first-order valence-electron chi connectivity index (χ1n) is 5.81. The van der Waals surface area contributed by atoms with Gasteiger partial charge in [0.1, 0.15) is 12.2 Å². The van der Waals surface area contributed by atoms with Gasteiger partial charge in [0.2, 0.25) is 0 Å². The normalized spacial score (nSPS) is 13.8. The third kappa shape index (κ3) is 5.78. The highest BCUT2D eigenvalue weighted by molar-refractivity contribution is 7.91. The molecule has 0 spiro atoms. The van der Waals surface area contributed by atoms with Gasteiger partial charge in [0.05, 0.1) is 5.75 Å². The molecule has 1 heterocycles. The summed E-state index contributed by atoms with van der Waals surface area (Å²) in [6.07, 6.45) is 3.21. The summed E-state index contributed by atoms with van der Waals surface area (Å²) < 4.78 is 22.7. The van der Waals surface area contributed by atoms with Crippen molar-refractivity contribution in [3.8, 4) is 0 Å². The predicted molar refractivity (Wildman–Crippen MR) is 66.5 cm³/mol. The molecule has 0 aliphatic heterocycles. The lowest BCUT2D eigenvalue weighted by Gasteiger charge is -2.12. The minimum atomic E-state index is -2.89. The third-order valence-electron chi connectivity index (χ3n) is 2.49. The molecule has 0 amide bonds. The second kappa shape index (κ2) is 6.70. The van der Waals surface area contributed by atoms with Crippen molar-refractivity contribution in [3.63, 3.8) is 0 Å². The Morgan fingerprint density at radius 3 is 2.88 bits per heavy atom. The van der Waals surface area contributed by atoms with Crippen molar-refractivity contribution >= 4 is 9.84 Å². The van der Waals surface area contributed by atoms with Crippen molar-refractivity contribution in [2.75, 3.05) is 18.1 Å². The van der Waals surface area contributed by atoms with E-state index in [4.69, 9.17) is 0 Å². The Morgan fingerprint density at radius 2 is 2.29 bits per heavy atom. The summed E-state index contributed by atoms with van der Waals surface area (Å²) in [6, 6.07) is -0.00493. The van der Waals surface area contributed by atoms with E-state index in [2.05, 4.69) is 20.5 Å². The molecule has 0 bridgehead atoms. The van der Waals surface area contributed by atoms with Crippen LogP contribution in [-0.2, 0) is 16.3 Å². The summed E-state index contributed by atoms with van der Waals surface area (Å²) >= 11 is 0. The van der Waals surface area contributed by atoms with Crippen molar-refractivity contribution in [2.45, 2.75) is 32.7 Å². The van der Waals surface area contributed by atoms with Crippen molar-refractivity contribution in [1.29, 1.82) is 0 Å². The van der Waals surface area contributed by atoms with Crippen LogP contribution >= 0.6 is 0 Å². The summed E-state index contributed by atoms with van der Waals surface area (Å²) in [6.45, 7) is 4.34. The van der Waals surface area contributed by atoms with Gasteiger partial charge in [-0.2, -0.15) is 5.10 Å². The lowest BCUT2D eigenvalue weighted by molar-refractivity contribution is 0.547. The molecule has 1 rings (SSSR count). The molecule has 17 heavy (non-hydrogen) atoms. The maximum atomic E-state index is 11.4. The highest BCUT2D eigenvalue weighted by Gasteiger charge is 2.12. The Balaban J connectivity index is 2.14. The molecule has 0 aliphatic rings. The van der Waals surface area contributed by atoms with E-state index in [1.54, 1.807) is 6.92 Å². The van der Waals surface area contributed by atoms with E-state index in [0.29, 0.717) is 0 Å². The maximum Gasteiger partial charge on any atom is 0.151 e. The lowest BCUT2D eigenvalue weighted by atomic mass is 10.3. The molecular formula is C10H20N4O2S. The van der Waals surface area contributed by atoms with Crippen LogP contribution in [-0.4, -0.2) is 47.7 Å². The average molecular weight is 260 g/mol. The van der Waals surface area contributed by atoms with E-state index >= 15 is 0 Å². The maximum absolute atomic E-state index is 11.4. The lowest BCUT2D eigenvalue weighted by Crippen LogP contribution is -2.34. The molecule has 0 saturated carbocycles. The zero-order valence-corrected chi connectivity index (χ0v) is 11.1. The number of aryl methyl sites for hydroxylation is 1. The number of aromatic amines is 1. The van der Waals surface area contributed by atoms with E-state index in [1.807, 2.05) is 6.92 Å². The molecule has 0 aliphatic carbocycles. The molecule has 0 aromatic carbocycles. The van der Waals surface area contributed by atoms with Crippen LogP contribution in [0.2, 0.25) is 0 Å². The second-order valence-corrected chi connectivity index (χ2v) is 6.49. The zero-order valence-electron chi connectivity index (χ0n) is 10.3. The van der Waals surface area contributed by atoms with E-state index in [0.717, 1.165) is 25.2 Å². The van der Waals surface area contributed by atoms with Gasteiger partial charge in [0, 0.05) is 18.2 Å². The molecule has 1 unspecified atom stereocenters. The number of nitrogens with zero attached hydrogens (tertiary/aromatic N) is 2. The first-order valence-corrected chi connectivity index (χ1v) is 7.63. The molecule has 7 heteroatoms. The van der Waals surface area contributed by atoms with Crippen LogP contribution in [0.15, 0.2) is 6.33 Å². The smallest absolute Gasteiger partial charge is 0.151 e. The van der Waals surface area contributed by atoms with E-state index in [9.17, 15) is 8.42 Å². The first-order chi connectivity index (χ1) is 8.03. The minimum Gasteiger partial charge on any atom is -0.313 e. The summed E-state index contributed by atoms with van der Waals surface area (Å²) in [4.78, 5) is 4.02. The molecule has 2 N–H and O–H groups in total. The molecule has 1 aromatic rings. The topological polar surface area (TPSA) is 87.7 Å². The minimum absolute atomic E-state index is 0.00493. The first kappa shape index (κ1) is 14.1. The fourth-order valence-corrected chi connectivity index (χ4v) is 2.63. The van der Waals surface area contributed by atoms with Gasteiger partial charge in [0.15, 0.2) is 9.84 Å². The highest BCUT2D eigenvalue weighted by atomic mass is 32.2. The van der Waals surface area contributed by atoms with Gasteiger partial charge in [-0.3, -0.25) is 5.10 Å². The molecule has 6 nitrogen and oxygen atoms in total. The molecule has 0 radical (unpaired) electrons. The summed E-state index contributed by atoms with van der Waals surface area (Å²) in [7, 11) is -2.89. The van der Waals surface area contributed by atoms with Crippen LogP contribution in [0.4, 0.5) is 0 Å². The molecule has 98 valence electrons. The SMILES string of the molecule is CCS(=O)(=O)CC(C)NCCCc1ncn[nH]1.